The minimum absolute atomic E-state index is 0.0178. The van der Waals surface area contributed by atoms with Crippen molar-refractivity contribution in [2.45, 2.75) is 19.8 Å². The van der Waals surface area contributed by atoms with Crippen LogP contribution in [0.25, 0.3) is 0 Å². The molecule has 0 fully saturated rings. The first-order chi connectivity index (χ1) is 9.17. The van der Waals surface area contributed by atoms with Crippen molar-refractivity contribution < 1.29 is 13.9 Å². The molecule has 0 spiro atoms. The molecule has 4 nitrogen and oxygen atoms in total. The zero-order valence-corrected chi connectivity index (χ0v) is 11.5. The van der Waals surface area contributed by atoms with E-state index in [1.54, 1.807) is 6.07 Å². The number of benzene rings is 1. The largest absolute Gasteiger partial charge is 0.497 e. The number of carbonyl (C=O) groups excluding carboxylic acids is 1. The molecule has 0 aliphatic carbocycles. The Morgan fingerprint density at radius 2 is 2.26 bits per heavy atom. The Morgan fingerprint density at radius 1 is 1.47 bits per heavy atom. The zero-order valence-electron chi connectivity index (χ0n) is 10.6. The summed E-state index contributed by atoms with van der Waals surface area (Å²) in [5.74, 6) is -0.593. The van der Waals surface area contributed by atoms with E-state index in [1.165, 1.54) is 19.2 Å². The van der Waals surface area contributed by atoms with Crippen LogP contribution in [0.3, 0.4) is 0 Å². The van der Waals surface area contributed by atoms with Crippen LogP contribution in [-0.4, -0.2) is 22.5 Å². The first-order valence-electron chi connectivity index (χ1n) is 5.86. The Labute approximate surface area is 114 Å². The molecule has 2 aromatic rings. The molecule has 0 saturated heterocycles. The van der Waals surface area contributed by atoms with Crippen LogP contribution in [0.2, 0.25) is 0 Å². The fourth-order valence-electron chi connectivity index (χ4n) is 1.71. The van der Waals surface area contributed by atoms with E-state index in [-0.39, 0.29) is 11.3 Å². The van der Waals surface area contributed by atoms with Crippen molar-refractivity contribution >= 4 is 17.3 Å². The SMILES string of the molecule is CCCc1nnsc1C(=O)c1ccc(OC)cc1F. The second-order valence-corrected chi connectivity index (χ2v) is 4.73. The lowest BCUT2D eigenvalue weighted by atomic mass is 10.1. The highest BCUT2D eigenvalue weighted by atomic mass is 32.1. The molecular formula is C13H13FN2O2S. The maximum Gasteiger partial charge on any atom is 0.209 e. The van der Waals surface area contributed by atoms with Gasteiger partial charge in [-0.3, -0.25) is 4.79 Å². The highest BCUT2D eigenvalue weighted by Crippen LogP contribution is 2.22. The molecule has 6 heteroatoms. The summed E-state index contributed by atoms with van der Waals surface area (Å²) in [7, 11) is 1.45. The van der Waals surface area contributed by atoms with E-state index >= 15 is 0 Å². The van der Waals surface area contributed by atoms with Crippen LogP contribution >= 0.6 is 11.5 Å². The normalized spacial score (nSPS) is 10.5. The maximum atomic E-state index is 13.9. The Balaban J connectivity index is 2.36. The number of halogens is 1. The number of aromatic nitrogens is 2. The number of methoxy groups -OCH3 is 1. The zero-order chi connectivity index (χ0) is 13.8. The van der Waals surface area contributed by atoms with Gasteiger partial charge in [0.1, 0.15) is 16.4 Å². The summed E-state index contributed by atoms with van der Waals surface area (Å²) in [5, 5.41) is 3.92. The van der Waals surface area contributed by atoms with E-state index < -0.39 is 5.82 Å². The van der Waals surface area contributed by atoms with E-state index in [1.807, 2.05) is 6.92 Å². The van der Waals surface area contributed by atoms with Crippen molar-refractivity contribution in [2.24, 2.45) is 0 Å². The molecule has 19 heavy (non-hydrogen) atoms. The molecule has 1 aromatic carbocycles. The number of hydrogen-bond donors (Lipinski definition) is 0. The Hall–Kier alpha value is -1.82. The van der Waals surface area contributed by atoms with Gasteiger partial charge >= 0.3 is 0 Å². The van der Waals surface area contributed by atoms with Crippen LogP contribution in [0.4, 0.5) is 4.39 Å². The summed E-state index contributed by atoms with van der Waals surface area (Å²) in [6.45, 7) is 1.99. The molecule has 0 unspecified atom stereocenters. The Morgan fingerprint density at radius 3 is 2.89 bits per heavy atom. The predicted molar refractivity (Wildman–Crippen MR) is 70.3 cm³/mol. The molecule has 0 N–H and O–H groups in total. The molecule has 0 aliphatic heterocycles. The number of nitrogens with zero attached hydrogens (tertiary/aromatic N) is 2. The molecule has 2 rings (SSSR count). The third kappa shape index (κ3) is 2.78. The van der Waals surface area contributed by atoms with Gasteiger partial charge in [0.2, 0.25) is 5.78 Å². The monoisotopic (exact) mass is 280 g/mol. The third-order valence-electron chi connectivity index (χ3n) is 2.67. The average molecular weight is 280 g/mol. The van der Waals surface area contributed by atoms with E-state index in [4.69, 9.17) is 4.74 Å². The highest BCUT2D eigenvalue weighted by Gasteiger charge is 2.20. The molecule has 0 saturated carbocycles. The van der Waals surface area contributed by atoms with Gasteiger partial charge in [0.25, 0.3) is 0 Å². The smallest absolute Gasteiger partial charge is 0.209 e. The summed E-state index contributed by atoms with van der Waals surface area (Å²) >= 11 is 1.00. The summed E-state index contributed by atoms with van der Waals surface area (Å²) in [6, 6.07) is 4.18. The van der Waals surface area contributed by atoms with Crippen molar-refractivity contribution in [3.63, 3.8) is 0 Å². The first-order valence-corrected chi connectivity index (χ1v) is 6.64. The van der Waals surface area contributed by atoms with Crippen LogP contribution in [0, 0.1) is 5.82 Å². The number of ether oxygens (including phenoxy) is 1. The topological polar surface area (TPSA) is 52.1 Å². The molecule has 0 amide bonds. The number of hydrogen-bond acceptors (Lipinski definition) is 5. The molecule has 0 bridgehead atoms. The number of aryl methyl sites for hydroxylation is 1. The number of carbonyl (C=O) groups is 1. The van der Waals surface area contributed by atoms with E-state index in [9.17, 15) is 9.18 Å². The third-order valence-corrected chi connectivity index (χ3v) is 3.44. The van der Waals surface area contributed by atoms with Gasteiger partial charge in [0.15, 0.2) is 0 Å². The van der Waals surface area contributed by atoms with Gasteiger partial charge in [0, 0.05) is 6.07 Å². The van der Waals surface area contributed by atoms with Crippen molar-refractivity contribution in [3.8, 4) is 5.75 Å². The average Bonchev–Trinajstić information content (AvgIpc) is 2.86. The molecule has 100 valence electrons. The fourth-order valence-corrected chi connectivity index (χ4v) is 2.37. The first kappa shape index (κ1) is 13.6. The molecule has 0 aliphatic rings. The standard InChI is InChI=1S/C13H13FN2O2S/c1-3-4-11-13(19-16-15-11)12(17)9-6-5-8(18-2)7-10(9)14/h5-7H,3-4H2,1-2H3. The van der Waals surface area contributed by atoms with Crippen molar-refractivity contribution in [3.05, 3.63) is 40.2 Å². The van der Waals surface area contributed by atoms with E-state index in [0.717, 1.165) is 18.0 Å². The van der Waals surface area contributed by atoms with Crippen molar-refractivity contribution in [1.29, 1.82) is 0 Å². The van der Waals surface area contributed by atoms with Crippen molar-refractivity contribution in [1.82, 2.24) is 9.59 Å². The molecule has 1 aromatic heterocycles. The Bertz CT molecular complexity index is 598. The fraction of sp³-hybridized carbons (Fsp3) is 0.308. The summed E-state index contributed by atoms with van der Waals surface area (Å²) in [4.78, 5) is 12.7. The predicted octanol–water partition coefficient (Wildman–Crippen LogP) is 2.87. The van der Waals surface area contributed by atoms with E-state index in [0.29, 0.717) is 22.7 Å². The van der Waals surface area contributed by atoms with E-state index in [2.05, 4.69) is 9.59 Å². The summed E-state index contributed by atoms with van der Waals surface area (Å²) in [6.07, 6.45) is 1.52. The van der Waals surface area contributed by atoms with Gasteiger partial charge in [-0.1, -0.05) is 17.8 Å². The second-order valence-electron chi connectivity index (χ2n) is 3.97. The van der Waals surface area contributed by atoms with Gasteiger partial charge in [0.05, 0.1) is 18.4 Å². The van der Waals surface area contributed by atoms with Crippen LogP contribution in [0.1, 0.15) is 34.3 Å². The molecular weight excluding hydrogens is 267 g/mol. The minimum Gasteiger partial charge on any atom is -0.497 e. The summed E-state index contributed by atoms with van der Waals surface area (Å²) < 4.78 is 22.5. The van der Waals surface area contributed by atoms with Crippen molar-refractivity contribution in [2.75, 3.05) is 7.11 Å². The van der Waals surface area contributed by atoms with Crippen LogP contribution in [0.5, 0.6) is 5.75 Å². The van der Waals surface area contributed by atoms with Gasteiger partial charge in [-0.05, 0) is 30.1 Å². The second kappa shape index (κ2) is 5.88. The van der Waals surface area contributed by atoms with Gasteiger partial charge in [-0.25, -0.2) is 4.39 Å². The Kier molecular flexibility index (Phi) is 4.21. The van der Waals surface area contributed by atoms with Gasteiger partial charge in [-0.15, -0.1) is 5.10 Å². The minimum atomic E-state index is -0.597. The van der Waals surface area contributed by atoms with Gasteiger partial charge < -0.3 is 4.74 Å². The van der Waals surface area contributed by atoms with Gasteiger partial charge in [-0.2, -0.15) is 0 Å². The maximum absolute atomic E-state index is 13.9. The number of ketones is 1. The molecule has 1 heterocycles. The van der Waals surface area contributed by atoms with Crippen LogP contribution < -0.4 is 4.74 Å². The highest BCUT2D eigenvalue weighted by molar-refractivity contribution is 7.08. The summed E-state index contributed by atoms with van der Waals surface area (Å²) in [5.41, 5.74) is 0.650. The van der Waals surface area contributed by atoms with Crippen LogP contribution in [0.15, 0.2) is 18.2 Å². The lowest BCUT2D eigenvalue weighted by Gasteiger charge is -2.04. The lowest BCUT2D eigenvalue weighted by molar-refractivity contribution is 0.103. The molecule has 0 atom stereocenters. The molecule has 0 radical (unpaired) electrons. The quantitative estimate of drug-likeness (QED) is 0.790. The van der Waals surface area contributed by atoms with Crippen LogP contribution in [-0.2, 0) is 6.42 Å². The lowest BCUT2D eigenvalue weighted by Crippen LogP contribution is -2.05. The number of rotatable bonds is 5.